The Hall–Kier alpha value is -6.49. The van der Waals surface area contributed by atoms with Gasteiger partial charge in [0.25, 0.3) is 0 Å². The van der Waals surface area contributed by atoms with Gasteiger partial charge in [-0.25, -0.2) is 4.98 Å². The lowest BCUT2D eigenvalue weighted by Crippen LogP contribution is -1.98. The molecule has 0 unspecified atom stereocenters. The van der Waals surface area contributed by atoms with Crippen LogP contribution in [0.3, 0.4) is 0 Å². The summed E-state index contributed by atoms with van der Waals surface area (Å²) in [5.41, 5.74) is 11.6. The molecule has 0 saturated heterocycles. The Morgan fingerprint density at radius 1 is 0.431 bits per heavy atom. The maximum Gasteiger partial charge on any atom is 0.136 e. The second kappa shape index (κ2) is 11.0. The van der Waals surface area contributed by atoms with Crippen molar-refractivity contribution in [2.45, 2.75) is 0 Å². The van der Waals surface area contributed by atoms with Crippen LogP contribution in [0.15, 0.2) is 174 Å². The maximum absolute atomic E-state index is 6.37. The van der Waals surface area contributed by atoms with Crippen LogP contribution in [-0.4, -0.2) is 9.55 Å². The minimum absolute atomic E-state index is 0.901. The highest BCUT2D eigenvalue weighted by Gasteiger charge is 2.19. The summed E-state index contributed by atoms with van der Waals surface area (Å²) in [5, 5.41) is 7.14. The molecule has 11 aromatic rings. The van der Waals surface area contributed by atoms with E-state index in [1.807, 2.05) is 23.5 Å². The molecule has 0 N–H and O–H groups in total. The standard InChI is InChI=1S/C47H28N2OS/c1-2-11-29(12-3-1)30-21-23-31(24-22-30)40-25-32(26-41(48-40)37-17-10-16-36-35-15-6-9-20-46(35)51-47(36)37)49-42-18-7-4-13-33(42)38-28-45-39(27-43(38)49)34-14-5-8-19-44(34)50-45/h1-28H. The van der Waals surface area contributed by atoms with Crippen LogP contribution in [0, 0.1) is 0 Å². The average Bonchev–Trinajstić information content (AvgIpc) is 3.86. The van der Waals surface area contributed by atoms with E-state index in [9.17, 15) is 0 Å². The van der Waals surface area contributed by atoms with E-state index in [1.165, 1.54) is 36.7 Å². The van der Waals surface area contributed by atoms with Crippen LogP contribution in [0.5, 0.6) is 0 Å². The van der Waals surface area contributed by atoms with E-state index in [0.29, 0.717) is 0 Å². The van der Waals surface area contributed by atoms with Gasteiger partial charge in [0.2, 0.25) is 0 Å². The van der Waals surface area contributed by atoms with Gasteiger partial charge in [-0.3, -0.25) is 0 Å². The van der Waals surface area contributed by atoms with Gasteiger partial charge < -0.3 is 8.98 Å². The van der Waals surface area contributed by atoms with Gasteiger partial charge in [-0.05, 0) is 53.6 Å². The molecule has 0 spiro atoms. The molecule has 0 atom stereocenters. The monoisotopic (exact) mass is 668 g/mol. The van der Waals surface area contributed by atoms with Crippen LogP contribution in [0.4, 0.5) is 0 Å². The third-order valence-electron chi connectivity index (χ3n) is 10.2. The highest BCUT2D eigenvalue weighted by Crippen LogP contribution is 2.42. The fraction of sp³-hybridized carbons (Fsp3) is 0. The molecule has 4 aromatic heterocycles. The number of pyridine rings is 1. The van der Waals surface area contributed by atoms with Crippen molar-refractivity contribution >= 4 is 75.3 Å². The summed E-state index contributed by atoms with van der Waals surface area (Å²) in [4.78, 5) is 5.43. The summed E-state index contributed by atoms with van der Waals surface area (Å²) in [7, 11) is 0. The van der Waals surface area contributed by atoms with Gasteiger partial charge in [0.15, 0.2) is 0 Å². The minimum atomic E-state index is 0.901. The predicted molar refractivity (Wildman–Crippen MR) is 215 cm³/mol. The largest absolute Gasteiger partial charge is 0.456 e. The zero-order valence-corrected chi connectivity index (χ0v) is 28.2. The van der Waals surface area contributed by atoms with Crippen molar-refractivity contribution in [3.8, 4) is 39.3 Å². The highest BCUT2D eigenvalue weighted by atomic mass is 32.1. The Balaban J connectivity index is 1.20. The van der Waals surface area contributed by atoms with Crippen LogP contribution in [0.2, 0.25) is 0 Å². The zero-order chi connectivity index (χ0) is 33.5. The first kappa shape index (κ1) is 28.4. The quantitative estimate of drug-likeness (QED) is 0.187. The number of furan rings is 1. The fourth-order valence-electron chi connectivity index (χ4n) is 7.81. The highest BCUT2D eigenvalue weighted by molar-refractivity contribution is 7.26. The normalized spacial score (nSPS) is 11.9. The summed E-state index contributed by atoms with van der Waals surface area (Å²) in [6, 6.07) is 60.7. The summed E-state index contributed by atoms with van der Waals surface area (Å²) >= 11 is 1.84. The van der Waals surface area contributed by atoms with Crippen molar-refractivity contribution in [2.24, 2.45) is 0 Å². The number of thiophene rings is 1. The molecule has 0 amide bonds. The summed E-state index contributed by atoms with van der Waals surface area (Å²) < 4.78 is 11.3. The Labute approximate surface area is 297 Å². The average molecular weight is 669 g/mol. The number of nitrogens with zero attached hydrogens (tertiary/aromatic N) is 2. The lowest BCUT2D eigenvalue weighted by Gasteiger charge is -2.14. The summed E-state index contributed by atoms with van der Waals surface area (Å²) in [5.74, 6) is 0. The first-order valence-corrected chi connectivity index (χ1v) is 18.0. The van der Waals surface area contributed by atoms with Gasteiger partial charge in [-0.1, -0.05) is 127 Å². The van der Waals surface area contributed by atoms with Crippen LogP contribution in [-0.2, 0) is 0 Å². The molecule has 7 aromatic carbocycles. The molecule has 4 heterocycles. The molecule has 238 valence electrons. The van der Waals surface area contributed by atoms with Gasteiger partial charge in [0.1, 0.15) is 11.2 Å². The first-order chi connectivity index (χ1) is 25.3. The molecule has 0 fully saturated rings. The van der Waals surface area contributed by atoms with Crippen molar-refractivity contribution in [1.29, 1.82) is 0 Å². The van der Waals surface area contributed by atoms with E-state index in [-0.39, 0.29) is 0 Å². The second-order valence-corrected chi connectivity index (χ2v) is 14.2. The Morgan fingerprint density at radius 3 is 2.00 bits per heavy atom. The number of fused-ring (bicyclic) bond motifs is 9. The molecule has 4 heteroatoms. The minimum Gasteiger partial charge on any atom is -0.456 e. The molecule has 0 aliphatic heterocycles. The zero-order valence-electron chi connectivity index (χ0n) is 27.4. The van der Waals surface area contributed by atoms with E-state index < -0.39 is 0 Å². The molecule has 11 rings (SSSR count). The first-order valence-electron chi connectivity index (χ1n) is 17.2. The van der Waals surface area contributed by atoms with Crippen molar-refractivity contribution in [1.82, 2.24) is 9.55 Å². The van der Waals surface area contributed by atoms with Gasteiger partial charge in [0.05, 0.1) is 28.1 Å². The van der Waals surface area contributed by atoms with Crippen LogP contribution < -0.4 is 0 Å². The van der Waals surface area contributed by atoms with Gasteiger partial charge in [0, 0.05) is 52.8 Å². The van der Waals surface area contributed by atoms with E-state index in [1.54, 1.807) is 0 Å². The topological polar surface area (TPSA) is 31.0 Å². The molecule has 51 heavy (non-hydrogen) atoms. The molecular weight excluding hydrogens is 641 g/mol. The lowest BCUT2D eigenvalue weighted by atomic mass is 10.0. The molecule has 3 nitrogen and oxygen atoms in total. The molecular formula is C47H28N2OS. The van der Waals surface area contributed by atoms with Gasteiger partial charge in [-0.2, -0.15) is 0 Å². The number of hydrogen-bond donors (Lipinski definition) is 0. The number of para-hydroxylation sites is 2. The van der Waals surface area contributed by atoms with Crippen LogP contribution >= 0.6 is 11.3 Å². The maximum atomic E-state index is 6.37. The smallest absolute Gasteiger partial charge is 0.136 e. The third-order valence-corrected chi connectivity index (χ3v) is 11.4. The van der Waals surface area contributed by atoms with Crippen molar-refractivity contribution in [3.05, 3.63) is 170 Å². The van der Waals surface area contributed by atoms with Crippen LogP contribution in [0.25, 0.3) is 103 Å². The molecule has 0 aliphatic rings. The van der Waals surface area contributed by atoms with E-state index in [0.717, 1.165) is 66.6 Å². The Bertz CT molecular complexity index is 3130. The van der Waals surface area contributed by atoms with E-state index in [2.05, 4.69) is 162 Å². The summed E-state index contributed by atoms with van der Waals surface area (Å²) in [6.07, 6.45) is 0. The van der Waals surface area contributed by atoms with Crippen molar-refractivity contribution in [3.63, 3.8) is 0 Å². The third kappa shape index (κ3) is 4.40. The van der Waals surface area contributed by atoms with Gasteiger partial charge >= 0.3 is 0 Å². The molecule has 0 saturated carbocycles. The van der Waals surface area contributed by atoms with Gasteiger partial charge in [-0.15, -0.1) is 11.3 Å². The predicted octanol–water partition coefficient (Wildman–Crippen LogP) is 13.4. The molecule has 0 aliphatic carbocycles. The summed E-state index contributed by atoms with van der Waals surface area (Å²) in [6.45, 7) is 0. The second-order valence-electron chi connectivity index (χ2n) is 13.1. The van der Waals surface area contributed by atoms with Crippen molar-refractivity contribution in [2.75, 3.05) is 0 Å². The van der Waals surface area contributed by atoms with E-state index in [4.69, 9.17) is 9.40 Å². The number of hydrogen-bond acceptors (Lipinski definition) is 3. The SMILES string of the molecule is c1ccc(-c2ccc(-c3cc(-n4c5ccccc5c5cc6oc7ccccc7c6cc54)cc(-c4cccc5c4sc4ccccc45)n3)cc2)cc1. The molecule has 0 radical (unpaired) electrons. The fourth-order valence-corrected chi connectivity index (χ4v) is 9.03. The lowest BCUT2D eigenvalue weighted by molar-refractivity contribution is 0.669. The number of aromatic nitrogens is 2. The number of rotatable bonds is 4. The van der Waals surface area contributed by atoms with Crippen LogP contribution in [0.1, 0.15) is 0 Å². The van der Waals surface area contributed by atoms with Crippen molar-refractivity contribution < 1.29 is 4.42 Å². The Kier molecular flexibility index (Phi) is 6.12. The molecule has 0 bridgehead atoms. The number of benzene rings is 7. The van der Waals surface area contributed by atoms with E-state index >= 15 is 0 Å². The Morgan fingerprint density at radius 2 is 1.12 bits per heavy atom.